The van der Waals surface area contributed by atoms with Crippen LogP contribution in [0.2, 0.25) is 0 Å². The van der Waals surface area contributed by atoms with Gasteiger partial charge < -0.3 is 10.2 Å². The Morgan fingerprint density at radius 3 is 2.64 bits per heavy atom. The van der Waals surface area contributed by atoms with Crippen LogP contribution in [0.4, 0.5) is 5.00 Å². The molecule has 0 radical (unpaired) electrons. The highest BCUT2D eigenvalue weighted by atomic mass is 32.1. The summed E-state index contributed by atoms with van der Waals surface area (Å²) in [6, 6.07) is 3.81. The Morgan fingerprint density at radius 1 is 1.55 bits per heavy atom. The van der Waals surface area contributed by atoms with Crippen molar-refractivity contribution in [1.29, 1.82) is 0 Å². The highest BCUT2D eigenvalue weighted by Gasteiger charge is 1.75. The largest absolute Gasteiger partial charge is 0.452 e. The Morgan fingerprint density at radius 2 is 2.45 bits per heavy atom. The van der Waals surface area contributed by atoms with Crippen molar-refractivity contribution in [1.82, 2.24) is 4.98 Å². The summed E-state index contributed by atoms with van der Waals surface area (Å²) < 4.78 is 4.47. The Balaban J connectivity index is 0.000000112. The number of nitrogens with zero attached hydrogens (tertiary/aromatic N) is 1. The molecule has 0 bridgehead atoms. The molecule has 0 spiro atoms. The second-order valence-electron chi connectivity index (χ2n) is 1.69. The van der Waals surface area contributed by atoms with Crippen molar-refractivity contribution in [3.63, 3.8) is 0 Å². The van der Waals surface area contributed by atoms with Crippen molar-refractivity contribution in [2.24, 2.45) is 0 Å². The standard InChI is InChI=1S/C4H5NS.C3H3NO/c5-4-2-1-3-6-4;1-2-5-3-4-1/h1-3H,5H2;1-3H. The second-order valence-corrected chi connectivity index (χ2v) is 2.67. The Labute approximate surface area is 68.5 Å². The Kier molecular flexibility index (Phi) is 3.21. The third-order valence-corrected chi connectivity index (χ3v) is 1.59. The van der Waals surface area contributed by atoms with Crippen LogP contribution in [-0.4, -0.2) is 4.98 Å². The molecule has 11 heavy (non-hydrogen) atoms. The van der Waals surface area contributed by atoms with Gasteiger partial charge in [0.1, 0.15) is 6.26 Å². The summed E-state index contributed by atoms with van der Waals surface area (Å²) in [4.78, 5) is 3.56. The summed E-state index contributed by atoms with van der Waals surface area (Å²) >= 11 is 1.56. The van der Waals surface area contributed by atoms with E-state index in [9.17, 15) is 0 Å². The average molecular weight is 168 g/mol. The van der Waals surface area contributed by atoms with Crippen LogP contribution in [-0.2, 0) is 0 Å². The van der Waals surface area contributed by atoms with Gasteiger partial charge in [0.25, 0.3) is 0 Å². The van der Waals surface area contributed by atoms with Crippen molar-refractivity contribution in [2.45, 2.75) is 0 Å². The second kappa shape index (κ2) is 4.51. The lowest BCUT2D eigenvalue weighted by Crippen LogP contribution is -1.72. The Hall–Kier alpha value is -1.29. The summed E-state index contributed by atoms with van der Waals surface area (Å²) in [7, 11) is 0. The van der Waals surface area contributed by atoms with Gasteiger partial charge in [0.2, 0.25) is 0 Å². The van der Waals surface area contributed by atoms with E-state index in [2.05, 4.69) is 9.40 Å². The minimum atomic E-state index is 0.884. The number of nitrogens with two attached hydrogens (primary N) is 1. The van der Waals surface area contributed by atoms with Crippen LogP contribution >= 0.6 is 11.3 Å². The van der Waals surface area contributed by atoms with Crippen LogP contribution in [0.3, 0.4) is 0 Å². The van der Waals surface area contributed by atoms with Gasteiger partial charge >= 0.3 is 0 Å². The molecule has 2 heterocycles. The molecule has 0 aliphatic heterocycles. The van der Waals surface area contributed by atoms with Crippen LogP contribution < -0.4 is 5.73 Å². The molecule has 3 nitrogen and oxygen atoms in total. The zero-order chi connectivity index (χ0) is 7.94. The predicted octanol–water partition coefficient (Wildman–Crippen LogP) is 2.00. The van der Waals surface area contributed by atoms with Gasteiger partial charge in [-0.2, -0.15) is 0 Å². The quantitative estimate of drug-likeness (QED) is 0.654. The molecular formula is C7H8N2OS. The molecule has 0 aliphatic carbocycles. The maximum Gasteiger partial charge on any atom is 0.180 e. The lowest BCUT2D eigenvalue weighted by Gasteiger charge is -1.68. The van der Waals surface area contributed by atoms with E-state index in [4.69, 9.17) is 5.73 Å². The summed E-state index contributed by atoms with van der Waals surface area (Å²) in [5, 5.41) is 2.84. The number of aromatic nitrogens is 1. The number of hydrogen-bond donors (Lipinski definition) is 1. The first kappa shape index (κ1) is 7.81. The van der Waals surface area contributed by atoms with Gasteiger partial charge in [0, 0.05) is 0 Å². The minimum absolute atomic E-state index is 0.884. The topological polar surface area (TPSA) is 52.0 Å². The van der Waals surface area contributed by atoms with Crippen LogP contribution in [0, 0.1) is 0 Å². The van der Waals surface area contributed by atoms with E-state index in [-0.39, 0.29) is 0 Å². The molecule has 2 aromatic rings. The normalized spacial score (nSPS) is 8.36. The van der Waals surface area contributed by atoms with Crippen molar-refractivity contribution in [3.8, 4) is 0 Å². The average Bonchev–Trinajstić information content (AvgIpc) is 2.57. The molecule has 58 valence electrons. The van der Waals surface area contributed by atoms with Crippen molar-refractivity contribution >= 4 is 16.3 Å². The van der Waals surface area contributed by atoms with Crippen LogP contribution in [0.15, 0.2) is 40.8 Å². The highest BCUT2D eigenvalue weighted by Crippen LogP contribution is 2.07. The summed E-state index contributed by atoms with van der Waals surface area (Å²) in [5.74, 6) is 0. The fraction of sp³-hybridized carbons (Fsp3) is 0. The van der Waals surface area contributed by atoms with E-state index in [0.717, 1.165) is 5.00 Å². The SMILES string of the molecule is Nc1cccs1.c1cocn1. The highest BCUT2D eigenvalue weighted by molar-refractivity contribution is 7.13. The monoisotopic (exact) mass is 168 g/mol. The molecule has 2 N–H and O–H groups in total. The fourth-order valence-corrected chi connectivity index (χ4v) is 0.938. The molecule has 0 saturated carbocycles. The molecule has 0 fully saturated rings. The molecule has 0 unspecified atom stereocenters. The van der Waals surface area contributed by atoms with Gasteiger partial charge in [-0.1, -0.05) is 0 Å². The maximum absolute atomic E-state index is 5.30. The van der Waals surface area contributed by atoms with E-state index < -0.39 is 0 Å². The molecule has 0 aromatic carbocycles. The van der Waals surface area contributed by atoms with Gasteiger partial charge in [-0.05, 0) is 17.5 Å². The number of anilines is 1. The van der Waals surface area contributed by atoms with Gasteiger partial charge in [0.05, 0.1) is 11.2 Å². The van der Waals surface area contributed by atoms with Gasteiger partial charge in [-0.15, -0.1) is 11.3 Å². The number of nitrogen functional groups attached to an aromatic ring is 1. The Bertz CT molecular complexity index is 235. The molecular weight excluding hydrogens is 160 g/mol. The molecule has 0 atom stereocenters. The first-order valence-corrected chi connectivity index (χ1v) is 3.88. The first-order valence-electron chi connectivity index (χ1n) is 3.00. The lowest BCUT2D eigenvalue weighted by atomic mass is 10.6. The number of thiophene rings is 1. The smallest absolute Gasteiger partial charge is 0.180 e. The summed E-state index contributed by atoms with van der Waals surface area (Å²) in [5.41, 5.74) is 5.30. The third-order valence-electron chi connectivity index (χ3n) is 0.890. The van der Waals surface area contributed by atoms with E-state index in [0.29, 0.717) is 0 Å². The first-order chi connectivity index (χ1) is 5.39. The third kappa shape index (κ3) is 3.42. The fourth-order valence-electron chi connectivity index (χ4n) is 0.467. The van der Waals surface area contributed by atoms with E-state index in [1.54, 1.807) is 17.5 Å². The van der Waals surface area contributed by atoms with Crippen molar-refractivity contribution < 1.29 is 4.42 Å². The number of oxazole rings is 1. The summed E-state index contributed by atoms with van der Waals surface area (Å²) in [6.07, 6.45) is 4.47. The zero-order valence-corrected chi connectivity index (χ0v) is 6.62. The minimum Gasteiger partial charge on any atom is -0.452 e. The zero-order valence-electron chi connectivity index (χ0n) is 5.81. The summed E-state index contributed by atoms with van der Waals surface area (Å²) in [6.45, 7) is 0. The van der Waals surface area contributed by atoms with Crippen LogP contribution in [0.25, 0.3) is 0 Å². The molecule has 0 aliphatic rings. The van der Waals surface area contributed by atoms with E-state index in [1.165, 1.54) is 12.7 Å². The molecule has 0 saturated heterocycles. The number of hydrogen-bond acceptors (Lipinski definition) is 4. The van der Waals surface area contributed by atoms with E-state index in [1.807, 2.05) is 17.5 Å². The van der Waals surface area contributed by atoms with E-state index >= 15 is 0 Å². The van der Waals surface area contributed by atoms with Crippen molar-refractivity contribution in [2.75, 3.05) is 5.73 Å². The van der Waals surface area contributed by atoms with Crippen LogP contribution in [0.1, 0.15) is 0 Å². The van der Waals surface area contributed by atoms with Gasteiger partial charge in [-0.25, -0.2) is 4.98 Å². The van der Waals surface area contributed by atoms with Gasteiger partial charge in [-0.3, -0.25) is 0 Å². The lowest BCUT2D eigenvalue weighted by molar-refractivity contribution is 0.558. The van der Waals surface area contributed by atoms with Crippen LogP contribution in [0.5, 0.6) is 0 Å². The molecule has 2 aromatic heterocycles. The van der Waals surface area contributed by atoms with Gasteiger partial charge in [0.15, 0.2) is 6.39 Å². The molecule has 2 rings (SSSR count). The number of rotatable bonds is 0. The van der Waals surface area contributed by atoms with Crippen molar-refractivity contribution in [3.05, 3.63) is 36.4 Å². The molecule has 4 heteroatoms. The predicted molar refractivity (Wildman–Crippen MR) is 45.2 cm³/mol. The molecule has 0 amide bonds. The maximum atomic E-state index is 5.30.